The number of rotatable bonds is 0. The predicted octanol–water partition coefficient (Wildman–Crippen LogP) is 2.29. The number of β-lactam (4-membered cyclic amide) rings is 1. The van der Waals surface area contributed by atoms with Gasteiger partial charge in [0, 0.05) is 23.1 Å². The molecule has 2 aliphatic heterocycles. The van der Waals surface area contributed by atoms with E-state index < -0.39 is 0 Å². The Kier molecular flexibility index (Phi) is 1.80. The second-order valence-corrected chi connectivity index (χ2v) is 4.86. The number of para-hydroxylation sites is 1. The van der Waals surface area contributed by atoms with Gasteiger partial charge in [0.25, 0.3) is 0 Å². The lowest BCUT2D eigenvalue weighted by Gasteiger charge is -2.39. The lowest BCUT2D eigenvalue weighted by Crippen LogP contribution is -2.52. The minimum absolute atomic E-state index is 0.282. The van der Waals surface area contributed by atoms with Crippen molar-refractivity contribution in [2.24, 2.45) is 0 Å². The van der Waals surface area contributed by atoms with E-state index in [4.69, 9.17) is 0 Å². The molecule has 2 nitrogen and oxygen atoms in total. The van der Waals surface area contributed by atoms with Crippen molar-refractivity contribution in [3.63, 3.8) is 0 Å². The van der Waals surface area contributed by atoms with E-state index in [9.17, 15) is 4.79 Å². The molecule has 1 atom stereocenters. The highest BCUT2D eigenvalue weighted by Crippen LogP contribution is 2.40. The van der Waals surface area contributed by atoms with Crippen LogP contribution < -0.4 is 4.90 Å². The third kappa shape index (κ3) is 1.08. The van der Waals surface area contributed by atoms with E-state index >= 15 is 0 Å². The fraction of sp³-hybridized carbons (Fsp3) is 0.364. The molecule has 1 amide bonds. The maximum Gasteiger partial charge on any atom is 0.229 e. The zero-order valence-corrected chi connectivity index (χ0v) is 8.59. The molecule has 1 unspecified atom stereocenters. The summed E-state index contributed by atoms with van der Waals surface area (Å²) in [7, 11) is 0. The second-order valence-electron chi connectivity index (χ2n) is 3.73. The first-order chi connectivity index (χ1) is 6.86. The van der Waals surface area contributed by atoms with Crippen molar-refractivity contribution in [1.29, 1.82) is 0 Å². The smallest absolute Gasteiger partial charge is 0.229 e. The number of amides is 1. The van der Waals surface area contributed by atoms with Crippen LogP contribution in [-0.2, 0) is 4.79 Å². The Hall–Kier alpha value is -0.960. The molecule has 14 heavy (non-hydrogen) atoms. The summed E-state index contributed by atoms with van der Waals surface area (Å²) in [5.74, 6) is 1.41. The molecule has 2 aliphatic rings. The molecule has 72 valence electrons. The van der Waals surface area contributed by atoms with E-state index in [1.807, 2.05) is 28.8 Å². The van der Waals surface area contributed by atoms with E-state index in [1.54, 1.807) is 0 Å². The van der Waals surface area contributed by atoms with Gasteiger partial charge in [-0.25, -0.2) is 0 Å². The topological polar surface area (TPSA) is 20.3 Å². The van der Waals surface area contributed by atoms with Crippen molar-refractivity contribution in [2.75, 3.05) is 10.7 Å². The average Bonchev–Trinajstić information content (AvgIpc) is 2.32. The van der Waals surface area contributed by atoms with Crippen LogP contribution in [0.15, 0.2) is 29.2 Å². The van der Waals surface area contributed by atoms with Crippen LogP contribution in [0.2, 0.25) is 0 Å². The van der Waals surface area contributed by atoms with Crippen molar-refractivity contribution < 1.29 is 4.79 Å². The molecule has 0 aromatic heterocycles. The number of nitrogens with zero attached hydrogens (tertiary/aromatic N) is 1. The second kappa shape index (κ2) is 3.02. The number of hydrogen-bond acceptors (Lipinski definition) is 2. The van der Waals surface area contributed by atoms with Gasteiger partial charge in [-0.2, -0.15) is 0 Å². The van der Waals surface area contributed by atoms with Gasteiger partial charge in [0.2, 0.25) is 5.91 Å². The molecule has 2 heterocycles. The third-order valence-corrected chi connectivity index (χ3v) is 3.97. The standard InChI is InChI=1S/C11H11NOS/c13-11-7-8-5-6-14-10-4-2-1-3-9(10)12(8)11/h1-4,8H,5-7H2. The highest BCUT2D eigenvalue weighted by Gasteiger charge is 2.39. The summed E-state index contributed by atoms with van der Waals surface area (Å²) in [6.45, 7) is 0. The zero-order valence-electron chi connectivity index (χ0n) is 7.77. The van der Waals surface area contributed by atoms with E-state index in [0.29, 0.717) is 6.04 Å². The van der Waals surface area contributed by atoms with Gasteiger partial charge in [0.15, 0.2) is 0 Å². The molecule has 3 heteroatoms. The minimum atomic E-state index is 0.282. The Balaban J connectivity index is 2.08. The van der Waals surface area contributed by atoms with Crippen molar-refractivity contribution in [3.8, 4) is 0 Å². The zero-order chi connectivity index (χ0) is 9.54. The first-order valence-corrected chi connectivity index (χ1v) is 5.89. The highest BCUT2D eigenvalue weighted by atomic mass is 32.2. The van der Waals surface area contributed by atoms with Crippen LogP contribution in [0, 0.1) is 0 Å². The molecule has 1 fully saturated rings. The summed E-state index contributed by atoms with van der Waals surface area (Å²) >= 11 is 1.87. The van der Waals surface area contributed by atoms with Gasteiger partial charge >= 0.3 is 0 Å². The highest BCUT2D eigenvalue weighted by molar-refractivity contribution is 7.99. The van der Waals surface area contributed by atoms with Crippen LogP contribution in [0.3, 0.4) is 0 Å². The van der Waals surface area contributed by atoms with E-state index in [-0.39, 0.29) is 5.91 Å². The van der Waals surface area contributed by atoms with E-state index in [0.717, 1.165) is 24.3 Å². The van der Waals surface area contributed by atoms with E-state index in [2.05, 4.69) is 12.1 Å². The fourth-order valence-electron chi connectivity index (χ4n) is 2.13. The molecular formula is C11H11NOS. The number of carbonyl (C=O) groups excluding carboxylic acids is 1. The molecule has 3 rings (SSSR count). The molecule has 0 spiro atoms. The van der Waals surface area contributed by atoms with Crippen LogP contribution in [0.5, 0.6) is 0 Å². The Bertz CT molecular complexity index is 391. The molecule has 0 bridgehead atoms. The molecule has 0 N–H and O–H groups in total. The van der Waals surface area contributed by atoms with Gasteiger partial charge < -0.3 is 4.90 Å². The van der Waals surface area contributed by atoms with Crippen LogP contribution in [0.4, 0.5) is 5.69 Å². The monoisotopic (exact) mass is 205 g/mol. The predicted molar refractivity (Wildman–Crippen MR) is 57.7 cm³/mol. The first-order valence-electron chi connectivity index (χ1n) is 4.90. The minimum Gasteiger partial charge on any atom is -0.308 e. The lowest BCUT2D eigenvalue weighted by molar-refractivity contribution is -0.124. The summed E-state index contributed by atoms with van der Waals surface area (Å²) in [5.41, 5.74) is 1.12. The Morgan fingerprint density at radius 3 is 3.07 bits per heavy atom. The number of hydrogen-bond donors (Lipinski definition) is 0. The number of anilines is 1. The number of fused-ring (bicyclic) bond motifs is 3. The van der Waals surface area contributed by atoms with Gasteiger partial charge in [-0.15, -0.1) is 11.8 Å². The fourth-order valence-corrected chi connectivity index (χ4v) is 3.23. The van der Waals surface area contributed by atoms with E-state index in [1.165, 1.54) is 4.90 Å². The van der Waals surface area contributed by atoms with Crippen molar-refractivity contribution in [1.82, 2.24) is 0 Å². The Morgan fingerprint density at radius 2 is 2.21 bits per heavy atom. The van der Waals surface area contributed by atoms with Gasteiger partial charge in [-0.3, -0.25) is 4.79 Å². The van der Waals surface area contributed by atoms with Gasteiger partial charge in [-0.1, -0.05) is 12.1 Å². The first kappa shape index (κ1) is 8.36. The van der Waals surface area contributed by atoms with Crippen LogP contribution in [0.25, 0.3) is 0 Å². The maximum absolute atomic E-state index is 11.5. The molecule has 0 radical (unpaired) electrons. The summed E-state index contributed by atoms with van der Waals surface area (Å²) in [5, 5.41) is 0. The maximum atomic E-state index is 11.5. The SMILES string of the molecule is O=C1CC2CCSc3ccccc3N12. The van der Waals surface area contributed by atoms with Gasteiger partial charge in [0.05, 0.1) is 5.69 Å². The number of benzene rings is 1. The molecule has 0 saturated carbocycles. The van der Waals surface area contributed by atoms with Crippen molar-refractivity contribution in [3.05, 3.63) is 24.3 Å². The number of carbonyl (C=O) groups is 1. The van der Waals surface area contributed by atoms with Crippen molar-refractivity contribution >= 4 is 23.4 Å². The normalized spacial score (nSPS) is 24.7. The lowest BCUT2D eigenvalue weighted by atomic mass is 9.98. The summed E-state index contributed by atoms with van der Waals surface area (Å²) in [6.07, 6.45) is 1.87. The Morgan fingerprint density at radius 1 is 1.36 bits per heavy atom. The third-order valence-electron chi connectivity index (χ3n) is 2.88. The van der Waals surface area contributed by atoms with Gasteiger partial charge in [-0.05, 0) is 18.6 Å². The average molecular weight is 205 g/mol. The summed E-state index contributed by atoms with van der Waals surface area (Å²) in [4.78, 5) is 14.7. The van der Waals surface area contributed by atoms with Crippen LogP contribution >= 0.6 is 11.8 Å². The summed E-state index contributed by atoms with van der Waals surface area (Å²) in [6, 6.07) is 8.67. The van der Waals surface area contributed by atoms with Crippen molar-refractivity contribution in [2.45, 2.75) is 23.8 Å². The molecular weight excluding hydrogens is 194 g/mol. The largest absolute Gasteiger partial charge is 0.308 e. The summed E-state index contributed by atoms with van der Waals surface area (Å²) < 4.78 is 0. The quantitative estimate of drug-likeness (QED) is 0.606. The van der Waals surface area contributed by atoms with Crippen LogP contribution in [0.1, 0.15) is 12.8 Å². The van der Waals surface area contributed by atoms with Gasteiger partial charge in [0.1, 0.15) is 0 Å². The van der Waals surface area contributed by atoms with Crippen LogP contribution in [-0.4, -0.2) is 17.7 Å². The molecule has 0 aliphatic carbocycles. The number of thioether (sulfide) groups is 1. The Labute approximate surface area is 87.3 Å². The molecule has 1 saturated heterocycles. The molecule has 1 aromatic carbocycles. The molecule has 1 aromatic rings.